The van der Waals surface area contributed by atoms with Gasteiger partial charge in [0.15, 0.2) is 0 Å². The minimum atomic E-state index is -0.887. The molecule has 1 saturated heterocycles. The minimum Gasteiger partial charge on any atom is -0.481 e. The molecular formula is C31H31FN4O3. The van der Waals surface area contributed by atoms with Gasteiger partial charge in [0.05, 0.1) is 23.5 Å². The average molecular weight is 527 g/mol. The number of aryl methyl sites for hydroxylation is 3. The zero-order chi connectivity index (χ0) is 27.4. The molecule has 0 spiro atoms. The van der Waals surface area contributed by atoms with Crippen LogP contribution in [0.1, 0.15) is 81.9 Å². The van der Waals surface area contributed by atoms with Gasteiger partial charge >= 0.3 is 5.97 Å². The third-order valence-corrected chi connectivity index (χ3v) is 8.51. The molecule has 4 aromatic rings. The van der Waals surface area contributed by atoms with Gasteiger partial charge in [0.25, 0.3) is 5.91 Å². The van der Waals surface area contributed by atoms with Crippen LogP contribution in [-0.4, -0.2) is 42.9 Å². The third kappa shape index (κ3) is 4.18. The van der Waals surface area contributed by atoms with E-state index in [9.17, 15) is 19.1 Å². The van der Waals surface area contributed by atoms with Crippen LogP contribution >= 0.6 is 0 Å². The number of rotatable bonds is 6. The Bertz CT molecular complexity index is 1630. The topological polar surface area (TPSA) is 88.3 Å². The molecule has 39 heavy (non-hydrogen) atoms. The zero-order valence-corrected chi connectivity index (χ0v) is 22.3. The molecule has 6 rings (SSSR count). The Morgan fingerprint density at radius 2 is 1.92 bits per heavy atom. The van der Waals surface area contributed by atoms with Crippen molar-refractivity contribution >= 4 is 22.9 Å². The Kier molecular flexibility index (Phi) is 6.20. The maximum Gasteiger partial charge on any atom is 0.304 e. The molecule has 2 aliphatic rings. The summed E-state index contributed by atoms with van der Waals surface area (Å²) in [5.41, 5.74) is 7.58. The van der Waals surface area contributed by atoms with E-state index in [-0.39, 0.29) is 35.9 Å². The molecule has 2 bridgehead atoms. The molecule has 3 atom stereocenters. The molecule has 2 aliphatic heterocycles. The quantitative estimate of drug-likeness (QED) is 0.347. The van der Waals surface area contributed by atoms with Gasteiger partial charge in [0.2, 0.25) is 0 Å². The van der Waals surface area contributed by atoms with Crippen LogP contribution in [0, 0.1) is 19.7 Å². The van der Waals surface area contributed by atoms with Crippen molar-refractivity contribution < 1.29 is 19.1 Å². The second kappa shape index (κ2) is 9.59. The number of halogens is 1. The Balaban J connectivity index is 1.41. The fourth-order valence-electron chi connectivity index (χ4n) is 6.59. The summed E-state index contributed by atoms with van der Waals surface area (Å²) >= 11 is 0. The monoisotopic (exact) mass is 526 g/mol. The van der Waals surface area contributed by atoms with Crippen molar-refractivity contribution in [1.29, 1.82) is 0 Å². The number of aliphatic carboxylic acids is 1. The summed E-state index contributed by atoms with van der Waals surface area (Å²) in [7, 11) is 0. The lowest BCUT2D eigenvalue weighted by Crippen LogP contribution is -2.42. The number of aromatic nitrogens is 3. The third-order valence-electron chi connectivity index (χ3n) is 8.51. The van der Waals surface area contributed by atoms with Gasteiger partial charge in [0, 0.05) is 18.5 Å². The average Bonchev–Trinajstić information content (AvgIpc) is 3.49. The normalized spacial score (nSPS) is 18.8. The number of amides is 1. The van der Waals surface area contributed by atoms with Gasteiger partial charge in [-0.25, -0.2) is 9.07 Å². The molecule has 1 N–H and O–H groups in total. The first-order valence-corrected chi connectivity index (χ1v) is 13.5. The van der Waals surface area contributed by atoms with Gasteiger partial charge in [-0.05, 0) is 86.1 Å². The van der Waals surface area contributed by atoms with E-state index in [1.54, 1.807) is 12.1 Å². The highest BCUT2D eigenvalue weighted by molar-refractivity contribution is 5.95. The predicted molar refractivity (Wildman–Crippen MR) is 145 cm³/mol. The molecule has 3 heterocycles. The lowest BCUT2D eigenvalue weighted by molar-refractivity contribution is -0.137. The van der Waals surface area contributed by atoms with Crippen LogP contribution in [0.25, 0.3) is 11.0 Å². The number of carbonyl (C=O) groups excluding carboxylic acids is 1. The smallest absolute Gasteiger partial charge is 0.304 e. The van der Waals surface area contributed by atoms with E-state index in [1.807, 2.05) is 48.6 Å². The van der Waals surface area contributed by atoms with E-state index in [1.165, 1.54) is 11.6 Å². The summed E-state index contributed by atoms with van der Waals surface area (Å²) < 4.78 is 16.5. The fourth-order valence-corrected chi connectivity index (χ4v) is 6.59. The van der Waals surface area contributed by atoms with Crippen molar-refractivity contribution in [3.05, 3.63) is 93.3 Å². The molecule has 1 fully saturated rings. The Morgan fingerprint density at radius 3 is 2.69 bits per heavy atom. The zero-order valence-electron chi connectivity index (χ0n) is 22.3. The molecule has 200 valence electrons. The highest BCUT2D eigenvalue weighted by Gasteiger charge is 2.43. The van der Waals surface area contributed by atoms with Crippen LogP contribution in [0.4, 0.5) is 4.39 Å². The predicted octanol–water partition coefficient (Wildman–Crippen LogP) is 5.72. The summed E-state index contributed by atoms with van der Waals surface area (Å²) in [5.74, 6) is -2.05. The van der Waals surface area contributed by atoms with Crippen LogP contribution < -0.4 is 0 Å². The van der Waals surface area contributed by atoms with Crippen molar-refractivity contribution in [2.75, 3.05) is 0 Å². The van der Waals surface area contributed by atoms with Crippen molar-refractivity contribution in [2.45, 2.75) is 71.0 Å². The first-order valence-electron chi connectivity index (χ1n) is 13.5. The van der Waals surface area contributed by atoms with Gasteiger partial charge in [-0.15, -0.1) is 5.10 Å². The molecule has 7 nitrogen and oxygen atoms in total. The fraction of sp³-hybridized carbons (Fsp3) is 0.355. The number of fused-ring (bicyclic) bond motifs is 5. The highest BCUT2D eigenvalue weighted by Crippen LogP contribution is 2.46. The van der Waals surface area contributed by atoms with Gasteiger partial charge in [-0.2, -0.15) is 0 Å². The maximum absolute atomic E-state index is 14.7. The van der Waals surface area contributed by atoms with Crippen LogP contribution in [0.3, 0.4) is 0 Å². The Labute approximate surface area is 226 Å². The van der Waals surface area contributed by atoms with E-state index in [2.05, 4.69) is 22.4 Å². The molecular weight excluding hydrogens is 495 g/mol. The molecule has 0 aliphatic carbocycles. The summed E-state index contributed by atoms with van der Waals surface area (Å²) in [5, 5.41) is 18.5. The Morgan fingerprint density at radius 1 is 1.10 bits per heavy atom. The van der Waals surface area contributed by atoms with E-state index >= 15 is 0 Å². The maximum atomic E-state index is 14.7. The summed E-state index contributed by atoms with van der Waals surface area (Å²) in [4.78, 5) is 27.5. The molecule has 0 saturated carbocycles. The second-order valence-corrected chi connectivity index (χ2v) is 10.8. The summed E-state index contributed by atoms with van der Waals surface area (Å²) in [6.07, 6.45) is 2.29. The SMILES string of the molecule is CCn1nnc2c(C)c([C@H](CC(=O)O)c3ccc4c(c3)C3CC[C@H](C4)N3C(=O)c3cc(C)ccc3F)ccc21. The standard InChI is InChI=1S/C31H31FN4O3/c1-4-35-28-12-9-22(18(3)30(28)33-34-35)23(16-29(37)38)20-7-6-19-14-21-8-11-27(24(19)15-20)36(21)31(39)25-13-17(2)5-10-26(25)32/h5-7,9-10,12-13,15,21,23,27H,4,8,11,14,16H2,1-3H3,(H,37,38)/t21-,23-,27?/m1/s1. The summed E-state index contributed by atoms with van der Waals surface area (Å²) in [6, 6.07) is 14.7. The molecule has 1 amide bonds. The molecule has 1 unspecified atom stereocenters. The van der Waals surface area contributed by atoms with Crippen LogP contribution in [0.2, 0.25) is 0 Å². The van der Waals surface area contributed by atoms with E-state index in [0.717, 1.165) is 51.7 Å². The number of carboxylic acids is 1. The second-order valence-electron chi connectivity index (χ2n) is 10.8. The number of carboxylic acid groups (broad SMARTS) is 1. The molecule has 8 heteroatoms. The van der Waals surface area contributed by atoms with Crippen LogP contribution in [0.15, 0.2) is 48.5 Å². The molecule has 0 radical (unpaired) electrons. The first kappa shape index (κ1) is 25.2. The largest absolute Gasteiger partial charge is 0.481 e. The molecule has 3 aromatic carbocycles. The van der Waals surface area contributed by atoms with Gasteiger partial charge in [0.1, 0.15) is 11.3 Å². The molecule has 1 aromatic heterocycles. The number of benzene rings is 3. The van der Waals surface area contributed by atoms with E-state index in [4.69, 9.17) is 0 Å². The van der Waals surface area contributed by atoms with Gasteiger partial charge < -0.3 is 10.0 Å². The lowest BCUT2D eigenvalue weighted by Gasteiger charge is -2.37. The summed E-state index contributed by atoms with van der Waals surface area (Å²) in [6.45, 7) is 6.53. The highest BCUT2D eigenvalue weighted by atomic mass is 19.1. The van der Waals surface area contributed by atoms with Crippen LogP contribution in [0.5, 0.6) is 0 Å². The number of hydrogen-bond donors (Lipinski definition) is 1. The number of carbonyl (C=O) groups is 2. The van der Waals surface area contributed by atoms with Crippen LogP contribution in [-0.2, 0) is 17.8 Å². The lowest BCUT2D eigenvalue weighted by atomic mass is 9.82. The van der Waals surface area contributed by atoms with Gasteiger partial charge in [-0.1, -0.05) is 41.1 Å². The minimum absolute atomic E-state index is 0.0291. The van der Waals surface area contributed by atoms with E-state index in [0.29, 0.717) is 13.0 Å². The van der Waals surface area contributed by atoms with Crippen molar-refractivity contribution in [2.24, 2.45) is 0 Å². The van der Waals surface area contributed by atoms with Gasteiger partial charge in [-0.3, -0.25) is 9.59 Å². The van der Waals surface area contributed by atoms with Crippen molar-refractivity contribution in [1.82, 2.24) is 19.9 Å². The Hall–Kier alpha value is -4.07. The first-order chi connectivity index (χ1) is 18.8. The number of hydrogen-bond acceptors (Lipinski definition) is 4. The van der Waals surface area contributed by atoms with Crippen molar-refractivity contribution in [3.8, 4) is 0 Å². The number of nitrogens with zero attached hydrogens (tertiary/aromatic N) is 4. The van der Waals surface area contributed by atoms with E-state index < -0.39 is 11.8 Å². The van der Waals surface area contributed by atoms with Crippen molar-refractivity contribution in [3.63, 3.8) is 0 Å².